The van der Waals surface area contributed by atoms with Gasteiger partial charge in [-0.05, 0) is 36.0 Å². The highest BCUT2D eigenvalue weighted by Gasteiger charge is 2.28. The molecule has 0 unspecified atom stereocenters. The maximum atomic E-state index is 3.47. The van der Waals surface area contributed by atoms with Gasteiger partial charge in [0.1, 0.15) is 0 Å². The third-order valence-corrected chi connectivity index (χ3v) is 4.84. The number of anilines is 1. The van der Waals surface area contributed by atoms with E-state index in [0.29, 0.717) is 11.5 Å². The number of rotatable bonds is 5. The Hall–Kier alpha value is -1.02. The van der Waals surface area contributed by atoms with Gasteiger partial charge in [-0.2, -0.15) is 0 Å². The number of hydrogen-bond acceptors (Lipinski definition) is 2. The second-order valence-corrected chi connectivity index (χ2v) is 6.85. The van der Waals surface area contributed by atoms with Crippen LogP contribution in [0.2, 0.25) is 0 Å². The van der Waals surface area contributed by atoms with Gasteiger partial charge in [-0.15, -0.1) is 0 Å². The van der Waals surface area contributed by atoms with Crippen molar-refractivity contribution in [1.82, 2.24) is 5.32 Å². The summed E-state index contributed by atoms with van der Waals surface area (Å²) in [5, 5.41) is 3.47. The molecule has 0 spiro atoms. The molecule has 1 aromatic carbocycles. The second-order valence-electron chi connectivity index (χ2n) is 6.85. The Labute approximate surface area is 124 Å². The lowest BCUT2D eigenvalue weighted by molar-refractivity contribution is 0.238. The number of hydrogen-bond donors (Lipinski definition) is 1. The zero-order valence-corrected chi connectivity index (χ0v) is 13.6. The lowest BCUT2D eigenvalue weighted by Gasteiger charge is -2.40. The van der Waals surface area contributed by atoms with Crippen LogP contribution in [0.15, 0.2) is 24.3 Å². The number of piperidine rings is 1. The number of nitrogens with one attached hydrogen (secondary N) is 1. The molecule has 0 saturated carbocycles. The van der Waals surface area contributed by atoms with Crippen molar-refractivity contribution in [2.24, 2.45) is 5.41 Å². The molecule has 1 saturated heterocycles. The Morgan fingerprint density at radius 1 is 1.15 bits per heavy atom. The summed E-state index contributed by atoms with van der Waals surface area (Å²) in [4.78, 5) is 2.54. The van der Waals surface area contributed by atoms with Crippen molar-refractivity contribution >= 4 is 5.69 Å². The fourth-order valence-electron chi connectivity index (χ4n) is 2.80. The Bertz CT molecular complexity index is 400. The van der Waals surface area contributed by atoms with E-state index in [-0.39, 0.29) is 0 Å². The fraction of sp³-hybridized carbons (Fsp3) is 0.667. The van der Waals surface area contributed by atoms with Gasteiger partial charge in [0.2, 0.25) is 0 Å². The summed E-state index contributed by atoms with van der Waals surface area (Å²) < 4.78 is 0. The molecule has 2 heteroatoms. The molecule has 1 aliphatic heterocycles. The summed E-state index contributed by atoms with van der Waals surface area (Å²) in [6, 6.07) is 9.64. The highest BCUT2D eigenvalue weighted by atomic mass is 15.1. The van der Waals surface area contributed by atoms with Crippen LogP contribution in [0.4, 0.5) is 5.69 Å². The van der Waals surface area contributed by atoms with Crippen LogP contribution in [-0.4, -0.2) is 19.1 Å². The lowest BCUT2D eigenvalue weighted by Crippen LogP contribution is -2.38. The van der Waals surface area contributed by atoms with Crippen LogP contribution < -0.4 is 10.2 Å². The second kappa shape index (κ2) is 6.62. The SMILES string of the molecule is CCC1(C)CCN(c2ccc(CNC(C)C)cc2)CC1. The molecular weight excluding hydrogens is 244 g/mol. The number of benzene rings is 1. The maximum absolute atomic E-state index is 3.47. The maximum Gasteiger partial charge on any atom is 0.0366 e. The molecule has 1 aliphatic rings. The average molecular weight is 274 g/mol. The van der Waals surface area contributed by atoms with Gasteiger partial charge in [-0.1, -0.05) is 46.2 Å². The van der Waals surface area contributed by atoms with Gasteiger partial charge in [0.15, 0.2) is 0 Å². The third kappa shape index (κ3) is 3.99. The van der Waals surface area contributed by atoms with Crippen LogP contribution in [0.25, 0.3) is 0 Å². The van der Waals surface area contributed by atoms with E-state index in [0.717, 1.165) is 6.54 Å². The molecule has 1 heterocycles. The van der Waals surface area contributed by atoms with E-state index in [2.05, 4.69) is 62.2 Å². The van der Waals surface area contributed by atoms with Crippen molar-refractivity contribution in [1.29, 1.82) is 0 Å². The Morgan fingerprint density at radius 3 is 2.25 bits per heavy atom. The van der Waals surface area contributed by atoms with Crippen LogP contribution in [0.5, 0.6) is 0 Å². The first-order valence-electron chi connectivity index (χ1n) is 8.10. The molecule has 0 bridgehead atoms. The average Bonchev–Trinajstić information content (AvgIpc) is 2.46. The zero-order valence-electron chi connectivity index (χ0n) is 13.6. The summed E-state index contributed by atoms with van der Waals surface area (Å²) in [5.41, 5.74) is 3.33. The van der Waals surface area contributed by atoms with Crippen molar-refractivity contribution in [2.45, 2.75) is 59.5 Å². The van der Waals surface area contributed by atoms with E-state index < -0.39 is 0 Å². The first kappa shape index (κ1) is 15.4. The summed E-state index contributed by atoms with van der Waals surface area (Å²) in [6.45, 7) is 12.5. The largest absolute Gasteiger partial charge is 0.371 e. The van der Waals surface area contributed by atoms with E-state index in [1.165, 1.54) is 43.6 Å². The molecular formula is C18H30N2. The van der Waals surface area contributed by atoms with Gasteiger partial charge in [0.25, 0.3) is 0 Å². The minimum Gasteiger partial charge on any atom is -0.371 e. The fourth-order valence-corrected chi connectivity index (χ4v) is 2.80. The topological polar surface area (TPSA) is 15.3 Å². The highest BCUT2D eigenvalue weighted by molar-refractivity contribution is 5.48. The van der Waals surface area contributed by atoms with Gasteiger partial charge >= 0.3 is 0 Å². The normalized spacial score (nSPS) is 18.6. The minimum atomic E-state index is 0.545. The molecule has 0 atom stereocenters. The van der Waals surface area contributed by atoms with Crippen molar-refractivity contribution in [3.05, 3.63) is 29.8 Å². The van der Waals surface area contributed by atoms with Crippen LogP contribution >= 0.6 is 0 Å². The first-order chi connectivity index (χ1) is 9.52. The smallest absolute Gasteiger partial charge is 0.0366 e. The summed E-state index contributed by atoms with van der Waals surface area (Å²) >= 11 is 0. The van der Waals surface area contributed by atoms with Crippen LogP contribution in [0.3, 0.4) is 0 Å². The van der Waals surface area contributed by atoms with Crippen molar-refractivity contribution in [2.75, 3.05) is 18.0 Å². The highest BCUT2D eigenvalue weighted by Crippen LogP contribution is 2.35. The monoisotopic (exact) mass is 274 g/mol. The van der Waals surface area contributed by atoms with Crippen molar-refractivity contribution in [3.8, 4) is 0 Å². The van der Waals surface area contributed by atoms with Crippen LogP contribution in [0, 0.1) is 5.41 Å². The van der Waals surface area contributed by atoms with E-state index >= 15 is 0 Å². The first-order valence-corrected chi connectivity index (χ1v) is 8.10. The molecule has 20 heavy (non-hydrogen) atoms. The van der Waals surface area contributed by atoms with Gasteiger partial charge in [-0.3, -0.25) is 0 Å². The molecule has 0 aliphatic carbocycles. The third-order valence-electron chi connectivity index (χ3n) is 4.84. The molecule has 2 rings (SSSR count). The molecule has 1 N–H and O–H groups in total. The van der Waals surface area contributed by atoms with Crippen molar-refractivity contribution in [3.63, 3.8) is 0 Å². The standard InChI is InChI=1S/C18H30N2/c1-5-18(4)10-12-20(13-11-18)17-8-6-16(7-9-17)14-19-15(2)3/h6-9,15,19H,5,10-14H2,1-4H3. The predicted molar refractivity (Wildman–Crippen MR) is 88.3 cm³/mol. The van der Waals surface area contributed by atoms with Crippen LogP contribution in [-0.2, 0) is 6.54 Å². The molecule has 0 amide bonds. The summed E-state index contributed by atoms with van der Waals surface area (Å²) in [7, 11) is 0. The molecule has 0 aromatic heterocycles. The lowest BCUT2D eigenvalue weighted by atomic mass is 9.78. The number of nitrogens with zero attached hydrogens (tertiary/aromatic N) is 1. The summed E-state index contributed by atoms with van der Waals surface area (Å²) in [6.07, 6.45) is 3.95. The minimum absolute atomic E-state index is 0.545. The van der Waals surface area contributed by atoms with Crippen molar-refractivity contribution < 1.29 is 0 Å². The van der Waals surface area contributed by atoms with E-state index in [4.69, 9.17) is 0 Å². The zero-order chi connectivity index (χ0) is 14.6. The Kier molecular flexibility index (Phi) is 5.09. The molecule has 1 fully saturated rings. The van der Waals surface area contributed by atoms with Gasteiger partial charge in [-0.25, -0.2) is 0 Å². The molecule has 112 valence electrons. The van der Waals surface area contributed by atoms with Gasteiger partial charge < -0.3 is 10.2 Å². The van der Waals surface area contributed by atoms with Gasteiger partial charge in [0, 0.05) is 31.4 Å². The Balaban J connectivity index is 1.91. The molecule has 2 nitrogen and oxygen atoms in total. The molecule has 0 radical (unpaired) electrons. The Morgan fingerprint density at radius 2 is 1.75 bits per heavy atom. The van der Waals surface area contributed by atoms with Gasteiger partial charge in [0.05, 0.1) is 0 Å². The molecule has 1 aromatic rings. The predicted octanol–water partition coefficient (Wildman–Crippen LogP) is 4.20. The van der Waals surface area contributed by atoms with E-state index in [1.54, 1.807) is 0 Å². The van der Waals surface area contributed by atoms with E-state index in [1.807, 2.05) is 0 Å². The van der Waals surface area contributed by atoms with E-state index in [9.17, 15) is 0 Å². The summed E-state index contributed by atoms with van der Waals surface area (Å²) in [5.74, 6) is 0. The quantitative estimate of drug-likeness (QED) is 0.865. The van der Waals surface area contributed by atoms with Crippen LogP contribution in [0.1, 0.15) is 52.5 Å².